The summed E-state index contributed by atoms with van der Waals surface area (Å²) >= 11 is 0. The molecule has 0 aliphatic carbocycles. The third-order valence-electron chi connectivity index (χ3n) is 3.48. The standard InChI is InChI=1S/C15H21N3O3/c16-15(20)21-13(19)7-2-1-6-12-9-8-11-5-3-4-10-17-14(11)18-12/h8-9H,1-7,10H2,(H2,16,20)(H,17,18). The van der Waals surface area contributed by atoms with Crippen molar-refractivity contribution in [1.82, 2.24) is 4.98 Å². The monoisotopic (exact) mass is 291 g/mol. The molecule has 3 N–H and O–H groups in total. The minimum absolute atomic E-state index is 0.201. The van der Waals surface area contributed by atoms with E-state index in [9.17, 15) is 9.59 Å². The van der Waals surface area contributed by atoms with Crippen molar-refractivity contribution in [2.24, 2.45) is 5.73 Å². The number of hydrogen-bond acceptors (Lipinski definition) is 5. The van der Waals surface area contributed by atoms with Crippen LogP contribution in [0, 0.1) is 0 Å². The summed E-state index contributed by atoms with van der Waals surface area (Å²) in [7, 11) is 0. The van der Waals surface area contributed by atoms with E-state index >= 15 is 0 Å². The minimum atomic E-state index is -1.04. The maximum absolute atomic E-state index is 11.1. The Hall–Kier alpha value is -2.11. The van der Waals surface area contributed by atoms with Crippen molar-refractivity contribution in [1.29, 1.82) is 0 Å². The van der Waals surface area contributed by atoms with Crippen molar-refractivity contribution in [2.45, 2.75) is 44.9 Å². The van der Waals surface area contributed by atoms with E-state index in [2.05, 4.69) is 21.1 Å². The van der Waals surface area contributed by atoms with Gasteiger partial charge in [0.15, 0.2) is 0 Å². The Morgan fingerprint density at radius 2 is 2.14 bits per heavy atom. The molecule has 2 rings (SSSR count). The van der Waals surface area contributed by atoms with Gasteiger partial charge in [-0.25, -0.2) is 9.78 Å². The van der Waals surface area contributed by atoms with Crippen molar-refractivity contribution in [3.8, 4) is 0 Å². The number of carbonyl (C=O) groups excluding carboxylic acids is 2. The van der Waals surface area contributed by atoms with Gasteiger partial charge in [-0.3, -0.25) is 4.79 Å². The maximum atomic E-state index is 11.1. The molecule has 21 heavy (non-hydrogen) atoms. The number of pyridine rings is 1. The number of fused-ring (bicyclic) bond motifs is 1. The Labute approximate surface area is 124 Å². The molecule has 0 fully saturated rings. The average Bonchev–Trinajstić information content (AvgIpc) is 2.67. The third kappa shape index (κ3) is 5.06. The largest absolute Gasteiger partial charge is 0.412 e. The van der Waals surface area contributed by atoms with Crippen molar-refractivity contribution in [3.05, 3.63) is 23.4 Å². The van der Waals surface area contributed by atoms with E-state index in [0.717, 1.165) is 37.3 Å². The van der Waals surface area contributed by atoms with Crippen LogP contribution in [0.4, 0.5) is 10.6 Å². The molecule has 0 atom stereocenters. The predicted octanol–water partition coefficient (Wildman–Crippen LogP) is 2.16. The summed E-state index contributed by atoms with van der Waals surface area (Å²) < 4.78 is 4.27. The number of aryl methyl sites for hydroxylation is 2. The van der Waals surface area contributed by atoms with Crippen LogP contribution in [0.1, 0.15) is 43.4 Å². The SMILES string of the molecule is NC(=O)OC(=O)CCCCc1ccc2c(n1)NCCCC2. The fraction of sp³-hybridized carbons (Fsp3) is 0.533. The summed E-state index contributed by atoms with van der Waals surface area (Å²) in [6.45, 7) is 0.975. The van der Waals surface area contributed by atoms with E-state index in [1.54, 1.807) is 0 Å². The van der Waals surface area contributed by atoms with Gasteiger partial charge in [-0.2, -0.15) is 0 Å². The van der Waals surface area contributed by atoms with Crippen molar-refractivity contribution >= 4 is 17.9 Å². The van der Waals surface area contributed by atoms with Crippen LogP contribution in [0.5, 0.6) is 0 Å². The van der Waals surface area contributed by atoms with E-state index in [-0.39, 0.29) is 6.42 Å². The van der Waals surface area contributed by atoms with E-state index < -0.39 is 12.1 Å². The first-order chi connectivity index (χ1) is 10.1. The molecule has 6 heteroatoms. The number of nitrogens with two attached hydrogens (primary N) is 1. The first kappa shape index (κ1) is 15.3. The van der Waals surface area contributed by atoms with Crippen LogP contribution in [-0.4, -0.2) is 23.6 Å². The van der Waals surface area contributed by atoms with Gasteiger partial charge in [-0.05, 0) is 50.2 Å². The summed E-state index contributed by atoms with van der Waals surface area (Å²) in [6, 6.07) is 4.19. The molecule has 0 aromatic carbocycles. The second-order valence-corrected chi connectivity index (χ2v) is 5.19. The lowest BCUT2D eigenvalue weighted by atomic mass is 10.1. The van der Waals surface area contributed by atoms with Crippen LogP contribution in [-0.2, 0) is 22.4 Å². The lowest BCUT2D eigenvalue weighted by Crippen LogP contribution is -2.18. The number of hydrogen-bond donors (Lipinski definition) is 2. The molecule has 1 amide bonds. The summed E-state index contributed by atoms with van der Waals surface area (Å²) in [6.07, 6.45) is 4.88. The highest BCUT2D eigenvalue weighted by atomic mass is 16.6. The highest BCUT2D eigenvalue weighted by molar-refractivity contribution is 5.83. The number of nitrogens with zero attached hydrogens (tertiary/aromatic N) is 1. The second-order valence-electron chi connectivity index (χ2n) is 5.19. The van der Waals surface area contributed by atoms with Gasteiger partial charge < -0.3 is 15.8 Å². The number of unbranched alkanes of at least 4 members (excludes halogenated alkanes) is 1. The zero-order valence-corrected chi connectivity index (χ0v) is 12.1. The van der Waals surface area contributed by atoms with Gasteiger partial charge in [0, 0.05) is 18.7 Å². The van der Waals surface area contributed by atoms with E-state index in [1.807, 2.05) is 6.07 Å². The summed E-state index contributed by atoms with van der Waals surface area (Å²) in [5.41, 5.74) is 7.07. The van der Waals surface area contributed by atoms with Gasteiger partial charge >= 0.3 is 12.1 Å². The second kappa shape index (κ2) is 7.61. The zero-order chi connectivity index (χ0) is 15.1. The van der Waals surface area contributed by atoms with E-state index in [1.165, 1.54) is 18.4 Å². The lowest BCUT2D eigenvalue weighted by molar-refractivity contribution is -0.137. The number of esters is 1. The molecular weight excluding hydrogens is 270 g/mol. The normalized spacial score (nSPS) is 13.7. The smallest absolute Gasteiger partial charge is 0.376 e. The molecule has 0 radical (unpaired) electrons. The number of rotatable bonds is 5. The van der Waals surface area contributed by atoms with Crippen LogP contribution >= 0.6 is 0 Å². The maximum Gasteiger partial charge on any atom is 0.412 e. The van der Waals surface area contributed by atoms with Gasteiger partial charge in [0.25, 0.3) is 0 Å². The van der Waals surface area contributed by atoms with Gasteiger partial charge in [0.05, 0.1) is 0 Å². The Bertz CT molecular complexity index is 517. The number of nitrogens with one attached hydrogen (secondary N) is 1. The van der Waals surface area contributed by atoms with Crippen LogP contribution < -0.4 is 11.1 Å². The van der Waals surface area contributed by atoms with Gasteiger partial charge in [0.1, 0.15) is 5.82 Å². The Morgan fingerprint density at radius 1 is 1.29 bits per heavy atom. The third-order valence-corrected chi connectivity index (χ3v) is 3.48. The zero-order valence-electron chi connectivity index (χ0n) is 12.1. The Morgan fingerprint density at radius 3 is 2.95 bits per heavy atom. The molecule has 2 heterocycles. The van der Waals surface area contributed by atoms with Crippen LogP contribution in [0.2, 0.25) is 0 Å². The number of carbonyl (C=O) groups is 2. The molecule has 1 aromatic rings. The quantitative estimate of drug-likeness (QED) is 0.492. The van der Waals surface area contributed by atoms with Crippen LogP contribution in [0.25, 0.3) is 0 Å². The molecule has 0 bridgehead atoms. The first-order valence-corrected chi connectivity index (χ1v) is 7.38. The highest BCUT2D eigenvalue weighted by Gasteiger charge is 2.10. The summed E-state index contributed by atoms with van der Waals surface area (Å²) in [5.74, 6) is 0.428. The van der Waals surface area contributed by atoms with Crippen molar-refractivity contribution < 1.29 is 14.3 Å². The van der Waals surface area contributed by atoms with Crippen LogP contribution in [0.15, 0.2) is 12.1 Å². The van der Waals surface area contributed by atoms with Gasteiger partial charge in [-0.1, -0.05) is 6.07 Å². The molecule has 1 aliphatic heterocycles. The van der Waals surface area contributed by atoms with Crippen LogP contribution in [0.3, 0.4) is 0 Å². The Kier molecular flexibility index (Phi) is 5.54. The fourth-order valence-corrected chi connectivity index (χ4v) is 2.41. The highest BCUT2D eigenvalue weighted by Crippen LogP contribution is 2.20. The first-order valence-electron chi connectivity index (χ1n) is 7.38. The van der Waals surface area contributed by atoms with E-state index in [4.69, 9.17) is 5.73 Å². The molecule has 0 spiro atoms. The number of primary amides is 1. The molecular formula is C15H21N3O3. The number of anilines is 1. The topological polar surface area (TPSA) is 94.3 Å². The molecule has 1 aliphatic rings. The van der Waals surface area contributed by atoms with E-state index in [0.29, 0.717) is 6.42 Å². The number of amides is 1. The van der Waals surface area contributed by atoms with Crippen molar-refractivity contribution in [3.63, 3.8) is 0 Å². The minimum Gasteiger partial charge on any atom is -0.376 e. The molecule has 0 saturated carbocycles. The molecule has 0 saturated heterocycles. The van der Waals surface area contributed by atoms with Gasteiger partial charge in [-0.15, -0.1) is 0 Å². The number of aromatic nitrogens is 1. The van der Waals surface area contributed by atoms with Gasteiger partial charge in [0.2, 0.25) is 0 Å². The lowest BCUT2D eigenvalue weighted by Gasteiger charge is -2.09. The summed E-state index contributed by atoms with van der Waals surface area (Å²) in [4.78, 5) is 26.2. The molecule has 1 aromatic heterocycles. The fourth-order valence-electron chi connectivity index (χ4n) is 2.41. The average molecular weight is 291 g/mol. The predicted molar refractivity (Wildman–Crippen MR) is 78.9 cm³/mol. The molecule has 0 unspecified atom stereocenters. The Balaban J connectivity index is 1.77. The molecule has 114 valence electrons. The van der Waals surface area contributed by atoms with Crippen molar-refractivity contribution in [2.75, 3.05) is 11.9 Å². The molecule has 6 nitrogen and oxygen atoms in total. The summed E-state index contributed by atoms with van der Waals surface area (Å²) in [5, 5.41) is 3.36. The number of ether oxygens (including phenoxy) is 1.